The van der Waals surface area contributed by atoms with Crippen molar-refractivity contribution in [2.24, 2.45) is 0 Å². The number of hydrogen-bond donors (Lipinski definition) is 1. The number of carbonyl (C=O) groups is 1. The fourth-order valence-corrected chi connectivity index (χ4v) is 1.49. The molecule has 0 saturated heterocycles. The zero-order valence-electron chi connectivity index (χ0n) is 9.31. The van der Waals surface area contributed by atoms with Crippen LogP contribution >= 0.6 is 11.6 Å². The van der Waals surface area contributed by atoms with Gasteiger partial charge in [0, 0.05) is 6.42 Å². The Morgan fingerprint density at radius 1 is 1.65 bits per heavy atom. The summed E-state index contributed by atoms with van der Waals surface area (Å²) in [5, 5.41) is 17.6. The zero-order chi connectivity index (χ0) is 12.8. The van der Waals surface area contributed by atoms with Crippen molar-refractivity contribution in [2.45, 2.75) is 25.9 Å². The molecule has 0 bridgehead atoms. The first kappa shape index (κ1) is 13.3. The number of halogens is 1. The van der Waals surface area contributed by atoms with Gasteiger partial charge in [0.15, 0.2) is 0 Å². The van der Waals surface area contributed by atoms with Gasteiger partial charge in [-0.2, -0.15) is 5.26 Å². The second kappa shape index (κ2) is 6.12. The van der Waals surface area contributed by atoms with E-state index >= 15 is 0 Å². The van der Waals surface area contributed by atoms with Crippen molar-refractivity contribution in [3.05, 3.63) is 28.8 Å². The molecule has 0 saturated carbocycles. The Morgan fingerprint density at radius 2 is 2.35 bits per heavy atom. The standard InChI is InChI=1S/C12H12ClNO3/c1-8(2-5-12(15)16)17-11-4-3-9(7-14)6-10(11)13/h3-4,6,8H,2,5H2,1H3,(H,15,16). The lowest BCUT2D eigenvalue weighted by Crippen LogP contribution is -2.13. The third-order valence-electron chi connectivity index (χ3n) is 2.15. The van der Waals surface area contributed by atoms with Crippen molar-refractivity contribution < 1.29 is 14.6 Å². The third kappa shape index (κ3) is 4.33. The van der Waals surface area contributed by atoms with E-state index in [9.17, 15) is 4.79 Å². The molecular weight excluding hydrogens is 242 g/mol. The number of ether oxygens (including phenoxy) is 1. The van der Waals surface area contributed by atoms with Gasteiger partial charge in [0.05, 0.1) is 22.8 Å². The van der Waals surface area contributed by atoms with Gasteiger partial charge in [-0.1, -0.05) is 11.6 Å². The van der Waals surface area contributed by atoms with Gasteiger partial charge in [-0.3, -0.25) is 4.79 Å². The molecule has 1 unspecified atom stereocenters. The first-order valence-electron chi connectivity index (χ1n) is 5.11. The van der Waals surface area contributed by atoms with Gasteiger partial charge < -0.3 is 9.84 Å². The van der Waals surface area contributed by atoms with Gasteiger partial charge in [0.2, 0.25) is 0 Å². The Hall–Kier alpha value is -1.73. The summed E-state index contributed by atoms with van der Waals surface area (Å²) in [4.78, 5) is 10.4. The molecule has 90 valence electrons. The molecule has 4 nitrogen and oxygen atoms in total. The second-order valence-corrected chi connectivity index (χ2v) is 4.03. The van der Waals surface area contributed by atoms with Crippen LogP contribution in [0.2, 0.25) is 5.02 Å². The maximum absolute atomic E-state index is 10.4. The van der Waals surface area contributed by atoms with Crippen molar-refractivity contribution >= 4 is 17.6 Å². The molecule has 5 heteroatoms. The molecule has 0 heterocycles. The lowest BCUT2D eigenvalue weighted by atomic mass is 10.2. The van der Waals surface area contributed by atoms with Gasteiger partial charge in [0.1, 0.15) is 5.75 Å². The zero-order valence-corrected chi connectivity index (χ0v) is 10.1. The highest BCUT2D eigenvalue weighted by Crippen LogP contribution is 2.26. The van der Waals surface area contributed by atoms with Crippen molar-refractivity contribution in [1.82, 2.24) is 0 Å². The Bertz CT molecular complexity index is 454. The smallest absolute Gasteiger partial charge is 0.303 e. The SMILES string of the molecule is CC(CCC(=O)O)Oc1ccc(C#N)cc1Cl. The monoisotopic (exact) mass is 253 g/mol. The van der Waals surface area contributed by atoms with Crippen LogP contribution in [0.15, 0.2) is 18.2 Å². The topological polar surface area (TPSA) is 70.3 Å². The lowest BCUT2D eigenvalue weighted by Gasteiger charge is -2.14. The van der Waals surface area contributed by atoms with Crippen LogP contribution in [0.1, 0.15) is 25.3 Å². The molecule has 1 aromatic rings. The van der Waals surface area contributed by atoms with Crippen molar-refractivity contribution in [1.29, 1.82) is 5.26 Å². The van der Waals surface area contributed by atoms with Crippen LogP contribution in [0, 0.1) is 11.3 Å². The van der Waals surface area contributed by atoms with E-state index in [0.717, 1.165) is 0 Å². The second-order valence-electron chi connectivity index (χ2n) is 3.62. The summed E-state index contributed by atoms with van der Waals surface area (Å²) in [6.07, 6.45) is 0.220. The molecule has 0 aliphatic rings. The van der Waals surface area contributed by atoms with E-state index in [1.54, 1.807) is 19.1 Å². The molecule has 0 aliphatic carbocycles. The molecule has 1 N–H and O–H groups in total. The lowest BCUT2D eigenvalue weighted by molar-refractivity contribution is -0.137. The largest absolute Gasteiger partial charge is 0.489 e. The highest BCUT2D eigenvalue weighted by atomic mass is 35.5. The van der Waals surface area contributed by atoms with E-state index in [1.165, 1.54) is 6.07 Å². The molecule has 0 aromatic heterocycles. The van der Waals surface area contributed by atoms with E-state index < -0.39 is 5.97 Å². The van der Waals surface area contributed by atoms with Gasteiger partial charge in [-0.25, -0.2) is 0 Å². The fourth-order valence-electron chi connectivity index (χ4n) is 1.27. The third-order valence-corrected chi connectivity index (χ3v) is 2.45. The minimum atomic E-state index is -0.855. The highest BCUT2D eigenvalue weighted by molar-refractivity contribution is 6.32. The maximum Gasteiger partial charge on any atom is 0.303 e. The van der Waals surface area contributed by atoms with E-state index in [1.807, 2.05) is 6.07 Å². The van der Waals surface area contributed by atoms with E-state index in [-0.39, 0.29) is 12.5 Å². The van der Waals surface area contributed by atoms with Crippen LogP contribution in [0.4, 0.5) is 0 Å². The highest BCUT2D eigenvalue weighted by Gasteiger charge is 2.09. The molecule has 0 radical (unpaired) electrons. The average molecular weight is 254 g/mol. The Morgan fingerprint density at radius 3 is 2.88 bits per heavy atom. The van der Waals surface area contributed by atoms with Crippen LogP contribution < -0.4 is 4.74 Å². The summed E-state index contributed by atoms with van der Waals surface area (Å²) in [6.45, 7) is 1.78. The number of hydrogen-bond acceptors (Lipinski definition) is 3. The molecular formula is C12H12ClNO3. The van der Waals surface area contributed by atoms with E-state index in [2.05, 4.69) is 0 Å². The summed E-state index contributed by atoms with van der Waals surface area (Å²) >= 11 is 5.92. The molecule has 0 spiro atoms. The van der Waals surface area contributed by atoms with Gasteiger partial charge in [-0.15, -0.1) is 0 Å². The fraction of sp³-hybridized carbons (Fsp3) is 0.333. The normalized spacial score (nSPS) is 11.6. The number of rotatable bonds is 5. The number of benzene rings is 1. The van der Waals surface area contributed by atoms with Crippen molar-refractivity contribution in [3.8, 4) is 11.8 Å². The van der Waals surface area contributed by atoms with Crippen LogP contribution in [0.5, 0.6) is 5.75 Å². The molecule has 1 aromatic carbocycles. The summed E-state index contributed by atoms with van der Waals surface area (Å²) in [5.74, 6) is -0.394. The number of nitrogens with zero attached hydrogens (tertiary/aromatic N) is 1. The molecule has 0 fully saturated rings. The molecule has 0 amide bonds. The molecule has 17 heavy (non-hydrogen) atoms. The summed E-state index contributed by atoms with van der Waals surface area (Å²) in [6, 6.07) is 6.70. The number of aliphatic carboxylic acids is 1. The Kier molecular flexibility index (Phi) is 4.80. The number of carboxylic acid groups (broad SMARTS) is 1. The van der Waals surface area contributed by atoms with E-state index in [0.29, 0.717) is 22.8 Å². The van der Waals surface area contributed by atoms with Gasteiger partial charge >= 0.3 is 5.97 Å². The van der Waals surface area contributed by atoms with Gasteiger partial charge in [-0.05, 0) is 31.5 Å². The van der Waals surface area contributed by atoms with Crippen LogP contribution in [0.25, 0.3) is 0 Å². The molecule has 1 rings (SSSR count). The van der Waals surface area contributed by atoms with Crippen LogP contribution in [0.3, 0.4) is 0 Å². The number of carboxylic acids is 1. The predicted molar refractivity (Wildman–Crippen MR) is 63.1 cm³/mol. The minimum absolute atomic E-state index is 0.0507. The van der Waals surface area contributed by atoms with E-state index in [4.69, 9.17) is 26.7 Å². The molecule has 0 aliphatic heterocycles. The van der Waals surface area contributed by atoms with Crippen molar-refractivity contribution in [3.63, 3.8) is 0 Å². The Labute approximate surface area is 104 Å². The first-order valence-corrected chi connectivity index (χ1v) is 5.49. The number of nitriles is 1. The predicted octanol–water partition coefficient (Wildman–Crippen LogP) is 2.84. The quantitative estimate of drug-likeness (QED) is 0.876. The van der Waals surface area contributed by atoms with Gasteiger partial charge in [0.25, 0.3) is 0 Å². The molecule has 1 atom stereocenters. The van der Waals surface area contributed by atoms with Crippen LogP contribution in [-0.4, -0.2) is 17.2 Å². The summed E-state index contributed by atoms with van der Waals surface area (Å²) in [5.41, 5.74) is 0.459. The van der Waals surface area contributed by atoms with Crippen molar-refractivity contribution in [2.75, 3.05) is 0 Å². The summed E-state index contributed by atoms with van der Waals surface area (Å²) < 4.78 is 5.49. The minimum Gasteiger partial charge on any atom is -0.489 e. The average Bonchev–Trinajstić information content (AvgIpc) is 2.29. The Balaban J connectivity index is 2.62. The first-order chi connectivity index (χ1) is 8.02. The summed E-state index contributed by atoms with van der Waals surface area (Å²) in [7, 11) is 0. The maximum atomic E-state index is 10.4. The van der Waals surface area contributed by atoms with Crippen LogP contribution in [-0.2, 0) is 4.79 Å².